The van der Waals surface area contributed by atoms with Crippen LogP contribution < -0.4 is 11.1 Å². The van der Waals surface area contributed by atoms with Gasteiger partial charge < -0.3 is 20.5 Å². The van der Waals surface area contributed by atoms with E-state index in [0.29, 0.717) is 13.2 Å². The minimum atomic E-state index is -0.459. The van der Waals surface area contributed by atoms with Crippen LogP contribution in [-0.2, 0) is 19.1 Å². The molecule has 0 spiro atoms. The predicted octanol–water partition coefficient (Wildman–Crippen LogP) is 0.588. The second-order valence-corrected chi connectivity index (χ2v) is 4.62. The fourth-order valence-corrected chi connectivity index (χ4v) is 1.38. The van der Waals surface area contributed by atoms with Crippen molar-refractivity contribution in [3.63, 3.8) is 0 Å². The van der Waals surface area contributed by atoms with Gasteiger partial charge in [0, 0.05) is 33.1 Å². The molecule has 0 heterocycles. The third-order valence-electron chi connectivity index (χ3n) is 2.80. The highest BCUT2D eigenvalue weighted by atomic mass is 16.5. The molecule has 0 aliphatic rings. The first-order chi connectivity index (χ1) is 8.95. The fourth-order valence-electron chi connectivity index (χ4n) is 1.38. The van der Waals surface area contributed by atoms with Crippen LogP contribution in [0.1, 0.15) is 39.5 Å². The highest BCUT2D eigenvalue weighted by Crippen LogP contribution is 2.01. The van der Waals surface area contributed by atoms with Gasteiger partial charge in [-0.15, -0.1) is 0 Å². The average molecular weight is 274 g/mol. The molecule has 0 aromatic heterocycles. The van der Waals surface area contributed by atoms with Crippen LogP contribution in [0.5, 0.6) is 0 Å². The molecule has 0 radical (unpaired) electrons. The Labute approximate surface area is 115 Å². The number of rotatable bonds is 11. The summed E-state index contributed by atoms with van der Waals surface area (Å²) in [5.74, 6) is -0.613. The van der Waals surface area contributed by atoms with Gasteiger partial charge in [-0.25, -0.2) is 0 Å². The van der Waals surface area contributed by atoms with Gasteiger partial charge in [-0.3, -0.25) is 9.59 Å². The molecule has 2 unspecified atom stereocenters. The molecule has 6 nitrogen and oxygen atoms in total. The summed E-state index contributed by atoms with van der Waals surface area (Å²) in [5.41, 5.74) is 4.96. The zero-order valence-corrected chi connectivity index (χ0v) is 12.1. The molecule has 0 bridgehead atoms. The maximum absolute atomic E-state index is 11.3. The monoisotopic (exact) mass is 274 g/mol. The summed E-state index contributed by atoms with van der Waals surface area (Å²) in [7, 11) is 1.68. The smallest absolute Gasteiger partial charge is 0.220 e. The number of hydrogen-bond acceptors (Lipinski definition) is 4. The second-order valence-electron chi connectivity index (χ2n) is 4.62. The molecule has 112 valence electrons. The van der Waals surface area contributed by atoms with E-state index in [9.17, 15) is 9.59 Å². The first kappa shape index (κ1) is 17.9. The van der Waals surface area contributed by atoms with E-state index in [1.807, 2.05) is 13.8 Å². The van der Waals surface area contributed by atoms with E-state index < -0.39 is 5.91 Å². The van der Waals surface area contributed by atoms with Crippen molar-refractivity contribution in [3.05, 3.63) is 0 Å². The number of nitrogens with one attached hydrogen (secondary N) is 1. The number of hydrogen-bond donors (Lipinski definition) is 2. The van der Waals surface area contributed by atoms with Crippen LogP contribution in [-0.4, -0.2) is 44.3 Å². The van der Waals surface area contributed by atoms with Crippen molar-refractivity contribution in [2.75, 3.05) is 20.3 Å². The van der Waals surface area contributed by atoms with E-state index in [-0.39, 0.29) is 31.0 Å². The van der Waals surface area contributed by atoms with Gasteiger partial charge in [-0.2, -0.15) is 0 Å². The summed E-state index contributed by atoms with van der Waals surface area (Å²) in [6.45, 7) is 5.14. The molecule has 0 aliphatic heterocycles. The van der Waals surface area contributed by atoms with E-state index in [4.69, 9.17) is 15.2 Å². The molecule has 2 amide bonds. The van der Waals surface area contributed by atoms with Crippen molar-refractivity contribution in [2.45, 2.75) is 51.7 Å². The molecule has 2 atom stereocenters. The van der Waals surface area contributed by atoms with Gasteiger partial charge in [-0.1, -0.05) is 0 Å². The average Bonchev–Trinajstić information content (AvgIpc) is 2.36. The van der Waals surface area contributed by atoms with Gasteiger partial charge in [-0.05, 0) is 26.7 Å². The van der Waals surface area contributed by atoms with E-state index in [1.54, 1.807) is 7.11 Å². The quantitative estimate of drug-likeness (QED) is 0.577. The highest BCUT2D eigenvalue weighted by Gasteiger charge is 2.07. The zero-order valence-electron chi connectivity index (χ0n) is 12.1. The van der Waals surface area contributed by atoms with E-state index in [0.717, 1.165) is 12.8 Å². The molecule has 0 saturated heterocycles. The van der Waals surface area contributed by atoms with Crippen LogP contribution >= 0.6 is 0 Å². The minimum Gasteiger partial charge on any atom is -0.382 e. The van der Waals surface area contributed by atoms with E-state index in [1.165, 1.54) is 0 Å². The van der Waals surface area contributed by atoms with Gasteiger partial charge in [0.1, 0.15) is 0 Å². The number of amides is 2. The summed E-state index contributed by atoms with van der Waals surface area (Å²) >= 11 is 0. The number of carbonyl (C=O) groups excluding carboxylic acids is 2. The third kappa shape index (κ3) is 11.7. The van der Waals surface area contributed by atoms with Crippen LogP contribution in [0.15, 0.2) is 0 Å². The Hall–Kier alpha value is -1.14. The van der Waals surface area contributed by atoms with Crippen LogP contribution in [0.2, 0.25) is 0 Å². The van der Waals surface area contributed by atoms with Gasteiger partial charge in [0.05, 0.1) is 12.2 Å². The molecule has 0 fully saturated rings. The molecular formula is C13H26N2O4. The number of nitrogens with two attached hydrogens (primary N) is 1. The standard InChI is InChI=1S/C13H26N2O4/c1-10(18-3)7-9-19-11(2)6-8-15-13(17)5-4-12(14)16/h10-11H,4-9H2,1-3H3,(H2,14,16)(H,15,17). The number of ether oxygens (including phenoxy) is 2. The Morgan fingerprint density at radius 2 is 1.84 bits per heavy atom. The van der Waals surface area contributed by atoms with Gasteiger partial charge in [0.2, 0.25) is 11.8 Å². The minimum absolute atomic E-state index is 0.0838. The Morgan fingerprint density at radius 1 is 1.16 bits per heavy atom. The summed E-state index contributed by atoms with van der Waals surface area (Å²) in [4.78, 5) is 21.8. The topological polar surface area (TPSA) is 90.7 Å². The fraction of sp³-hybridized carbons (Fsp3) is 0.846. The van der Waals surface area contributed by atoms with Crippen LogP contribution in [0, 0.1) is 0 Å². The Kier molecular flexibility index (Phi) is 10.1. The Balaban J connectivity index is 3.49. The van der Waals surface area contributed by atoms with Gasteiger partial charge in [0.25, 0.3) is 0 Å². The predicted molar refractivity (Wildman–Crippen MR) is 72.6 cm³/mol. The van der Waals surface area contributed by atoms with Crippen molar-refractivity contribution in [2.24, 2.45) is 5.73 Å². The molecule has 0 aliphatic carbocycles. The highest BCUT2D eigenvalue weighted by molar-refractivity contribution is 5.82. The molecule has 6 heteroatoms. The number of primary amides is 1. The SMILES string of the molecule is COC(C)CCOC(C)CCNC(=O)CCC(N)=O. The summed E-state index contributed by atoms with van der Waals surface area (Å²) in [6, 6.07) is 0. The third-order valence-corrected chi connectivity index (χ3v) is 2.80. The van der Waals surface area contributed by atoms with Crippen LogP contribution in [0.25, 0.3) is 0 Å². The summed E-state index contributed by atoms with van der Waals surface area (Å²) < 4.78 is 10.7. The molecule has 3 N–H and O–H groups in total. The first-order valence-electron chi connectivity index (χ1n) is 6.65. The zero-order chi connectivity index (χ0) is 14.7. The van der Waals surface area contributed by atoms with Crippen molar-refractivity contribution in [3.8, 4) is 0 Å². The van der Waals surface area contributed by atoms with E-state index in [2.05, 4.69) is 5.32 Å². The van der Waals surface area contributed by atoms with Crippen molar-refractivity contribution >= 4 is 11.8 Å². The van der Waals surface area contributed by atoms with Gasteiger partial charge in [0.15, 0.2) is 0 Å². The number of methoxy groups -OCH3 is 1. The van der Waals surface area contributed by atoms with E-state index >= 15 is 0 Å². The van der Waals surface area contributed by atoms with Crippen LogP contribution in [0.4, 0.5) is 0 Å². The molecule has 19 heavy (non-hydrogen) atoms. The lowest BCUT2D eigenvalue weighted by Crippen LogP contribution is -2.28. The molecule has 0 aromatic carbocycles. The lowest BCUT2D eigenvalue weighted by molar-refractivity contribution is -0.125. The van der Waals surface area contributed by atoms with Crippen LogP contribution in [0.3, 0.4) is 0 Å². The first-order valence-corrected chi connectivity index (χ1v) is 6.65. The lowest BCUT2D eigenvalue weighted by Gasteiger charge is -2.15. The molecule has 0 rings (SSSR count). The molecule has 0 aromatic rings. The maximum atomic E-state index is 11.3. The number of carbonyl (C=O) groups is 2. The Morgan fingerprint density at radius 3 is 2.42 bits per heavy atom. The van der Waals surface area contributed by atoms with Crippen molar-refractivity contribution in [1.82, 2.24) is 5.32 Å². The van der Waals surface area contributed by atoms with Gasteiger partial charge >= 0.3 is 0 Å². The summed E-state index contributed by atoms with van der Waals surface area (Å²) in [5, 5.41) is 2.73. The largest absolute Gasteiger partial charge is 0.382 e. The van der Waals surface area contributed by atoms with Crippen molar-refractivity contribution in [1.29, 1.82) is 0 Å². The Bertz CT molecular complexity index is 271. The molecule has 0 saturated carbocycles. The normalized spacial score (nSPS) is 13.8. The second kappa shape index (κ2) is 10.8. The van der Waals surface area contributed by atoms with Crippen molar-refractivity contribution < 1.29 is 19.1 Å². The lowest BCUT2D eigenvalue weighted by atomic mass is 10.2. The maximum Gasteiger partial charge on any atom is 0.220 e. The summed E-state index contributed by atoms with van der Waals surface area (Å²) in [6.07, 6.45) is 2.11. The molecular weight excluding hydrogens is 248 g/mol.